The van der Waals surface area contributed by atoms with Crippen molar-refractivity contribution in [2.45, 2.75) is 0 Å². The zero-order chi connectivity index (χ0) is 17.1. The fourth-order valence-electron chi connectivity index (χ4n) is 1.90. The molecule has 0 unspecified atom stereocenters. The molecule has 0 radical (unpaired) electrons. The van der Waals surface area contributed by atoms with Gasteiger partial charge in [-0.1, -0.05) is 11.6 Å². The van der Waals surface area contributed by atoms with Crippen molar-refractivity contribution in [3.8, 4) is 5.82 Å². The molecule has 0 saturated heterocycles. The Labute approximate surface area is 139 Å². The molecule has 2 heterocycles. The first-order valence-electron chi connectivity index (χ1n) is 6.47. The van der Waals surface area contributed by atoms with Gasteiger partial charge in [0.1, 0.15) is 30.4 Å². The molecule has 1 aromatic carbocycles. The zero-order valence-corrected chi connectivity index (χ0v) is 12.6. The summed E-state index contributed by atoms with van der Waals surface area (Å²) in [6.45, 7) is 0. The summed E-state index contributed by atoms with van der Waals surface area (Å²) in [5, 5.41) is 17.6. The molecule has 1 N–H and O–H groups in total. The van der Waals surface area contributed by atoms with Gasteiger partial charge in [-0.3, -0.25) is 14.9 Å². The number of rotatable bonds is 4. The quantitative estimate of drug-likeness (QED) is 0.564. The van der Waals surface area contributed by atoms with E-state index in [9.17, 15) is 14.9 Å². The summed E-state index contributed by atoms with van der Waals surface area (Å²) in [5.41, 5.74) is -0.532. The third kappa shape index (κ3) is 3.17. The molecule has 0 aliphatic carbocycles. The van der Waals surface area contributed by atoms with E-state index in [4.69, 9.17) is 11.6 Å². The number of nitro groups is 1. The summed E-state index contributed by atoms with van der Waals surface area (Å²) in [6, 6.07) is 5.17. The molecule has 0 atom stereocenters. The van der Waals surface area contributed by atoms with E-state index in [0.717, 1.165) is 6.07 Å². The molecule has 0 aliphatic heterocycles. The highest BCUT2D eigenvalue weighted by Crippen LogP contribution is 2.23. The summed E-state index contributed by atoms with van der Waals surface area (Å²) < 4.78 is 1.37. The van der Waals surface area contributed by atoms with Crippen molar-refractivity contribution >= 4 is 29.0 Å². The van der Waals surface area contributed by atoms with Crippen LogP contribution in [0.3, 0.4) is 0 Å². The molecule has 0 bridgehead atoms. The van der Waals surface area contributed by atoms with Crippen LogP contribution in [0.4, 0.5) is 11.5 Å². The van der Waals surface area contributed by atoms with Crippen LogP contribution in [0.1, 0.15) is 10.4 Å². The van der Waals surface area contributed by atoms with E-state index in [0.29, 0.717) is 5.82 Å². The normalized spacial score (nSPS) is 10.4. The Morgan fingerprint density at radius 2 is 2.08 bits per heavy atom. The van der Waals surface area contributed by atoms with Crippen molar-refractivity contribution in [2.75, 3.05) is 5.32 Å². The summed E-state index contributed by atoms with van der Waals surface area (Å²) in [7, 11) is 0. The number of nitrogens with zero attached hydrogens (tertiary/aromatic N) is 6. The molecule has 1 amide bonds. The van der Waals surface area contributed by atoms with Crippen LogP contribution in [-0.2, 0) is 0 Å². The smallest absolute Gasteiger partial charge is 0.282 e. The highest BCUT2D eigenvalue weighted by molar-refractivity contribution is 6.31. The molecule has 0 spiro atoms. The molecule has 10 nitrogen and oxygen atoms in total. The van der Waals surface area contributed by atoms with Crippen molar-refractivity contribution < 1.29 is 9.72 Å². The summed E-state index contributed by atoms with van der Waals surface area (Å²) >= 11 is 5.81. The van der Waals surface area contributed by atoms with Gasteiger partial charge < -0.3 is 5.32 Å². The number of hydrogen-bond donors (Lipinski definition) is 1. The van der Waals surface area contributed by atoms with E-state index in [1.807, 2.05) is 0 Å². The third-order valence-corrected chi connectivity index (χ3v) is 3.18. The van der Waals surface area contributed by atoms with Crippen LogP contribution in [0.5, 0.6) is 0 Å². The van der Waals surface area contributed by atoms with E-state index in [2.05, 4.69) is 25.4 Å². The second-order valence-electron chi connectivity index (χ2n) is 4.47. The number of benzene rings is 1. The lowest BCUT2D eigenvalue weighted by Gasteiger charge is -2.06. The van der Waals surface area contributed by atoms with Crippen molar-refractivity contribution in [2.24, 2.45) is 0 Å². The Morgan fingerprint density at radius 3 is 2.79 bits per heavy atom. The number of carbonyl (C=O) groups excluding carboxylic acids is 1. The summed E-state index contributed by atoms with van der Waals surface area (Å²) in [5.74, 6) is -0.194. The van der Waals surface area contributed by atoms with Gasteiger partial charge in [0, 0.05) is 17.2 Å². The molecule has 0 aliphatic rings. The summed E-state index contributed by atoms with van der Waals surface area (Å²) in [4.78, 5) is 34.4. The van der Waals surface area contributed by atoms with Gasteiger partial charge in [-0.25, -0.2) is 19.6 Å². The van der Waals surface area contributed by atoms with Crippen molar-refractivity contribution in [1.82, 2.24) is 24.7 Å². The number of nitrogens with one attached hydrogen (secondary N) is 1. The van der Waals surface area contributed by atoms with Crippen LogP contribution >= 0.6 is 11.6 Å². The van der Waals surface area contributed by atoms with Crippen LogP contribution in [-0.4, -0.2) is 35.6 Å². The number of halogens is 1. The number of anilines is 1. The third-order valence-electron chi connectivity index (χ3n) is 2.95. The monoisotopic (exact) mass is 345 g/mol. The molecular weight excluding hydrogens is 338 g/mol. The van der Waals surface area contributed by atoms with Crippen molar-refractivity contribution in [3.05, 3.63) is 63.9 Å². The predicted molar refractivity (Wildman–Crippen MR) is 83.0 cm³/mol. The molecule has 2 aromatic heterocycles. The minimum atomic E-state index is -0.715. The average molecular weight is 346 g/mol. The van der Waals surface area contributed by atoms with Gasteiger partial charge in [0.05, 0.1) is 4.92 Å². The number of aromatic nitrogens is 5. The first-order valence-corrected chi connectivity index (χ1v) is 6.85. The maximum atomic E-state index is 12.3. The molecule has 11 heteroatoms. The predicted octanol–water partition coefficient (Wildman–Crippen LogP) is 1.87. The first-order chi connectivity index (χ1) is 11.5. The van der Waals surface area contributed by atoms with E-state index >= 15 is 0 Å². The molecule has 24 heavy (non-hydrogen) atoms. The van der Waals surface area contributed by atoms with Crippen LogP contribution in [0.25, 0.3) is 5.82 Å². The second-order valence-corrected chi connectivity index (χ2v) is 4.91. The van der Waals surface area contributed by atoms with Crippen molar-refractivity contribution in [3.63, 3.8) is 0 Å². The molecule has 3 rings (SSSR count). The molecule has 0 fully saturated rings. The van der Waals surface area contributed by atoms with Gasteiger partial charge in [0.2, 0.25) is 0 Å². The Morgan fingerprint density at radius 1 is 1.25 bits per heavy atom. The van der Waals surface area contributed by atoms with Gasteiger partial charge in [-0.2, -0.15) is 5.10 Å². The standard InChI is InChI=1S/C13H8ClN7O3/c14-8-1-2-10(21(23)24)9(3-8)13(22)19-11-4-12(17-6-16-11)20-7-15-5-18-20/h1-7H,(H,16,17,19,22). The molecule has 0 saturated carbocycles. The SMILES string of the molecule is O=C(Nc1cc(-n2cncn2)ncn1)c1cc(Cl)ccc1[N+](=O)[O-]. The van der Waals surface area contributed by atoms with Gasteiger partial charge in [-0.15, -0.1) is 0 Å². The maximum absolute atomic E-state index is 12.3. The number of carbonyl (C=O) groups is 1. The first kappa shape index (κ1) is 15.5. The topological polar surface area (TPSA) is 129 Å². The van der Waals surface area contributed by atoms with Gasteiger partial charge >= 0.3 is 0 Å². The minimum absolute atomic E-state index is 0.148. The van der Waals surface area contributed by atoms with Gasteiger partial charge in [-0.05, 0) is 12.1 Å². The van der Waals surface area contributed by atoms with Crippen LogP contribution in [0.2, 0.25) is 5.02 Å². The lowest BCUT2D eigenvalue weighted by molar-refractivity contribution is -0.385. The van der Waals surface area contributed by atoms with E-state index in [-0.39, 0.29) is 22.1 Å². The second kappa shape index (κ2) is 6.38. The fraction of sp³-hybridized carbons (Fsp3) is 0. The Balaban J connectivity index is 1.90. The Kier molecular flexibility index (Phi) is 4.12. The molecule has 120 valence electrons. The number of nitro benzene ring substituents is 1. The lowest BCUT2D eigenvalue weighted by atomic mass is 10.1. The largest absolute Gasteiger partial charge is 0.306 e. The Hall–Kier alpha value is -3.40. The van der Waals surface area contributed by atoms with Gasteiger partial charge in [0.15, 0.2) is 5.82 Å². The van der Waals surface area contributed by atoms with Crippen molar-refractivity contribution in [1.29, 1.82) is 0 Å². The minimum Gasteiger partial charge on any atom is -0.306 e. The number of hydrogen-bond acceptors (Lipinski definition) is 7. The summed E-state index contributed by atoms with van der Waals surface area (Å²) in [6.07, 6.45) is 3.98. The van der Waals surface area contributed by atoms with Crippen LogP contribution in [0.15, 0.2) is 43.2 Å². The highest BCUT2D eigenvalue weighted by Gasteiger charge is 2.21. The molecular formula is C13H8ClN7O3. The average Bonchev–Trinajstić information content (AvgIpc) is 3.09. The van der Waals surface area contributed by atoms with Gasteiger partial charge in [0.25, 0.3) is 11.6 Å². The molecule has 3 aromatic rings. The zero-order valence-electron chi connectivity index (χ0n) is 11.8. The lowest BCUT2D eigenvalue weighted by Crippen LogP contribution is -2.15. The fourth-order valence-corrected chi connectivity index (χ4v) is 2.07. The van der Waals surface area contributed by atoms with Crippen LogP contribution < -0.4 is 5.32 Å². The maximum Gasteiger partial charge on any atom is 0.282 e. The van der Waals surface area contributed by atoms with Crippen LogP contribution in [0, 0.1) is 10.1 Å². The van der Waals surface area contributed by atoms with E-state index in [1.54, 1.807) is 0 Å². The highest BCUT2D eigenvalue weighted by atomic mass is 35.5. The number of amides is 1. The van der Waals surface area contributed by atoms with E-state index < -0.39 is 10.8 Å². The Bertz CT molecular complexity index is 914. The van der Waals surface area contributed by atoms with E-state index in [1.165, 1.54) is 41.9 Å².